The van der Waals surface area contributed by atoms with Crippen molar-refractivity contribution in [1.29, 1.82) is 0 Å². The smallest absolute Gasteiger partial charge is 0.149 e. The fourth-order valence-electron chi connectivity index (χ4n) is 1.99. The van der Waals surface area contributed by atoms with E-state index in [2.05, 4.69) is 0 Å². The van der Waals surface area contributed by atoms with Gasteiger partial charge < -0.3 is 10.6 Å². The summed E-state index contributed by atoms with van der Waals surface area (Å²) >= 11 is 6.27. The van der Waals surface area contributed by atoms with E-state index in [0.717, 1.165) is 24.1 Å². The van der Waals surface area contributed by atoms with Crippen molar-refractivity contribution in [3.05, 3.63) is 28.8 Å². The molecule has 6 heteroatoms. The van der Waals surface area contributed by atoms with Gasteiger partial charge in [-0.2, -0.15) is 0 Å². The molecule has 0 fully saturated rings. The minimum atomic E-state index is -2.99. The summed E-state index contributed by atoms with van der Waals surface area (Å²) in [5.41, 5.74) is 7.94. The van der Waals surface area contributed by atoms with Crippen molar-refractivity contribution >= 4 is 27.1 Å². The molecule has 0 aliphatic heterocycles. The molecule has 1 aromatic carbocycles. The standard InChI is InChI=1S/C14H23ClN2O2S/c1-4-12(16)10-11-6-5-7-13(15)14(11)17(2)8-9-20(3,18)19/h5-7,12H,4,8-10,16H2,1-3H3. The predicted octanol–water partition coefficient (Wildman–Crippen LogP) is 2.10. The van der Waals surface area contributed by atoms with E-state index in [4.69, 9.17) is 17.3 Å². The monoisotopic (exact) mass is 318 g/mol. The summed E-state index contributed by atoms with van der Waals surface area (Å²) in [6.07, 6.45) is 2.86. The second kappa shape index (κ2) is 7.29. The van der Waals surface area contributed by atoms with Gasteiger partial charge in [0.05, 0.1) is 16.5 Å². The Kier molecular flexibility index (Phi) is 6.30. The van der Waals surface area contributed by atoms with Crippen molar-refractivity contribution in [1.82, 2.24) is 0 Å². The molecule has 4 nitrogen and oxygen atoms in total. The summed E-state index contributed by atoms with van der Waals surface area (Å²) in [6.45, 7) is 2.46. The molecule has 114 valence electrons. The van der Waals surface area contributed by atoms with Crippen LogP contribution in [0.3, 0.4) is 0 Å². The van der Waals surface area contributed by atoms with Crippen LogP contribution in [0.1, 0.15) is 18.9 Å². The van der Waals surface area contributed by atoms with Gasteiger partial charge in [0.15, 0.2) is 0 Å². The summed E-state index contributed by atoms with van der Waals surface area (Å²) < 4.78 is 22.6. The van der Waals surface area contributed by atoms with Crippen molar-refractivity contribution in [2.45, 2.75) is 25.8 Å². The molecule has 0 spiro atoms. The third-order valence-corrected chi connectivity index (χ3v) is 4.49. The zero-order chi connectivity index (χ0) is 15.3. The molecule has 0 heterocycles. The number of rotatable bonds is 7. The van der Waals surface area contributed by atoms with Crippen molar-refractivity contribution in [3.63, 3.8) is 0 Å². The first kappa shape index (κ1) is 17.3. The Hall–Kier alpha value is -0.780. The van der Waals surface area contributed by atoms with Gasteiger partial charge in [-0.15, -0.1) is 0 Å². The van der Waals surface area contributed by atoms with Crippen molar-refractivity contribution in [3.8, 4) is 0 Å². The van der Waals surface area contributed by atoms with E-state index in [1.165, 1.54) is 6.26 Å². The quantitative estimate of drug-likeness (QED) is 0.836. The van der Waals surface area contributed by atoms with E-state index in [1.54, 1.807) is 0 Å². The molecular weight excluding hydrogens is 296 g/mol. The first-order valence-electron chi connectivity index (χ1n) is 6.66. The van der Waals surface area contributed by atoms with Crippen LogP contribution in [-0.4, -0.2) is 40.1 Å². The maximum absolute atomic E-state index is 11.3. The number of hydrogen-bond acceptors (Lipinski definition) is 4. The van der Waals surface area contributed by atoms with Crippen molar-refractivity contribution in [2.75, 3.05) is 30.5 Å². The van der Waals surface area contributed by atoms with Gasteiger partial charge in [0.2, 0.25) is 0 Å². The van der Waals surface area contributed by atoms with Gasteiger partial charge in [0.1, 0.15) is 9.84 Å². The van der Waals surface area contributed by atoms with E-state index in [0.29, 0.717) is 11.6 Å². The maximum Gasteiger partial charge on any atom is 0.149 e. The van der Waals surface area contributed by atoms with Crippen LogP contribution in [0.5, 0.6) is 0 Å². The molecule has 1 atom stereocenters. The highest BCUT2D eigenvalue weighted by atomic mass is 35.5. The molecule has 1 rings (SSSR count). The van der Waals surface area contributed by atoms with Crippen LogP contribution in [-0.2, 0) is 16.3 Å². The van der Waals surface area contributed by atoms with E-state index in [1.807, 2.05) is 37.1 Å². The van der Waals surface area contributed by atoms with Crippen molar-refractivity contribution in [2.24, 2.45) is 5.73 Å². The fraction of sp³-hybridized carbons (Fsp3) is 0.571. The third-order valence-electron chi connectivity index (χ3n) is 3.26. The molecule has 0 amide bonds. The Morgan fingerprint density at radius 3 is 2.60 bits per heavy atom. The fourth-order valence-corrected chi connectivity index (χ4v) is 2.94. The highest BCUT2D eigenvalue weighted by Crippen LogP contribution is 2.30. The number of hydrogen-bond donors (Lipinski definition) is 1. The van der Waals surface area contributed by atoms with Crippen LogP contribution in [0, 0.1) is 0 Å². The minimum absolute atomic E-state index is 0.0792. The first-order chi connectivity index (χ1) is 9.24. The van der Waals surface area contributed by atoms with E-state index in [9.17, 15) is 8.42 Å². The molecule has 0 saturated carbocycles. The molecule has 0 aromatic heterocycles. The second-order valence-electron chi connectivity index (χ2n) is 5.17. The van der Waals surface area contributed by atoms with Crippen LogP contribution in [0.25, 0.3) is 0 Å². The first-order valence-corrected chi connectivity index (χ1v) is 9.10. The Morgan fingerprint density at radius 1 is 1.40 bits per heavy atom. The molecule has 1 unspecified atom stereocenters. The Morgan fingerprint density at radius 2 is 2.05 bits per heavy atom. The second-order valence-corrected chi connectivity index (χ2v) is 7.84. The lowest BCUT2D eigenvalue weighted by Gasteiger charge is -2.24. The molecule has 20 heavy (non-hydrogen) atoms. The summed E-state index contributed by atoms with van der Waals surface area (Å²) in [6, 6.07) is 5.78. The zero-order valence-electron chi connectivity index (χ0n) is 12.3. The molecule has 0 aliphatic carbocycles. The largest absolute Gasteiger partial charge is 0.372 e. The average Bonchev–Trinajstić information content (AvgIpc) is 2.35. The molecule has 2 N–H and O–H groups in total. The summed E-state index contributed by atoms with van der Waals surface area (Å²) in [7, 11) is -1.14. The highest BCUT2D eigenvalue weighted by molar-refractivity contribution is 7.90. The SMILES string of the molecule is CCC(N)Cc1cccc(Cl)c1N(C)CCS(C)(=O)=O. The van der Waals surface area contributed by atoms with Gasteiger partial charge in [0.25, 0.3) is 0 Å². The number of nitrogens with two attached hydrogens (primary N) is 1. The zero-order valence-corrected chi connectivity index (χ0v) is 13.8. The average molecular weight is 319 g/mol. The maximum atomic E-state index is 11.3. The summed E-state index contributed by atoms with van der Waals surface area (Å²) in [4.78, 5) is 1.89. The predicted molar refractivity (Wildman–Crippen MR) is 86.4 cm³/mol. The highest BCUT2D eigenvalue weighted by Gasteiger charge is 2.15. The molecular formula is C14H23ClN2O2S. The Bertz CT molecular complexity index is 546. The lowest BCUT2D eigenvalue weighted by atomic mass is 10.0. The lowest BCUT2D eigenvalue weighted by molar-refractivity contribution is 0.601. The van der Waals surface area contributed by atoms with Crippen molar-refractivity contribution < 1.29 is 8.42 Å². The number of para-hydroxylation sites is 1. The summed E-state index contributed by atoms with van der Waals surface area (Å²) in [5, 5.41) is 0.627. The topological polar surface area (TPSA) is 63.4 Å². The molecule has 0 aliphatic rings. The summed E-state index contributed by atoms with van der Waals surface area (Å²) in [5.74, 6) is 0.105. The number of nitrogens with zero attached hydrogens (tertiary/aromatic N) is 1. The van der Waals surface area contributed by atoms with E-state index >= 15 is 0 Å². The van der Waals surface area contributed by atoms with Gasteiger partial charge in [-0.3, -0.25) is 0 Å². The molecule has 0 bridgehead atoms. The Labute approximate surface area is 126 Å². The Balaban J connectivity index is 2.96. The van der Waals surface area contributed by atoms with Gasteiger partial charge in [0, 0.05) is 25.9 Å². The lowest BCUT2D eigenvalue weighted by Crippen LogP contribution is -2.28. The van der Waals surface area contributed by atoms with Crippen LogP contribution in [0.4, 0.5) is 5.69 Å². The van der Waals surface area contributed by atoms with E-state index < -0.39 is 9.84 Å². The molecule has 1 aromatic rings. The van der Waals surface area contributed by atoms with E-state index in [-0.39, 0.29) is 11.8 Å². The number of sulfone groups is 1. The van der Waals surface area contributed by atoms with Gasteiger partial charge in [-0.25, -0.2) is 8.42 Å². The third kappa shape index (κ3) is 5.31. The molecule has 0 radical (unpaired) electrons. The minimum Gasteiger partial charge on any atom is -0.372 e. The van der Waals surface area contributed by atoms with Crippen LogP contribution in [0.15, 0.2) is 18.2 Å². The van der Waals surface area contributed by atoms with Gasteiger partial charge in [-0.1, -0.05) is 30.7 Å². The van der Waals surface area contributed by atoms with Crippen LogP contribution >= 0.6 is 11.6 Å². The molecule has 0 saturated heterocycles. The van der Waals surface area contributed by atoms with Gasteiger partial charge in [-0.05, 0) is 24.5 Å². The van der Waals surface area contributed by atoms with Crippen LogP contribution < -0.4 is 10.6 Å². The normalized spacial score (nSPS) is 13.2. The number of anilines is 1. The van der Waals surface area contributed by atoms with Gasteiger partial charge >= 0.3 is 0 Å². The number of halogens is 1. The number of benzene rings is 1. The van der Waals surface area contributed by atoms with Crippen LogP contribution in [0.2, 0.25) is 5.02 Å².